The van der Waals surface area contributed by atoms with E-state index in [2.05, 4.69) is 20.1 Å². The molecule has 1 fully saturated rings. The Labute approximate surface area is 177 Å². The molecular weight excluding hydrogens is 408 g/mol. The van der Waals surface area contributed by atoms with Gasteiger partial charge < -0.3 is 14.8 Å². The number of hydrogen-bond donors (Lipinski definition) is 1. The van der Waals surface area contributed by atoms with Gasteiger partial charge in [-0.25, -0.2) is 0 Å². The molecule has 1 unspecified atom stereocenters. The zero-order valence-electron chi connectivity index (χ0n) is 16.0. The number of carbonyl (C=O) groups is 1. The van der Waals surface area contributed by atoms with Gasteiger partial charge in [-0.15, -0.1) is 21.5 Å². The van der Waals surface area contributed by atoms with Crippen LogP contribution in [0, 0.1) is 0 Å². The summed E-state index contributed by atoms with van der Waals surface area (Å²) < 4.78 is 13.0. The third-order valence-electron chi connectivity index (χ3n) is 4.57. The summed E-state index contributed by atoms with van der Waals surface area (Å²) in [6.45, 7) is 1.50. The molecule has 2 aromatic heterocycles. The standard InChI is InChI=1S/C20H22N4O3S2/c1-26-15-8-6-14(7-9-15)21-18(25)13-29-20-23-22-19(17-5-3-11-28-17)24(20)12-16-4-2-10-27-16/h3,5-9,11,16H,2,4,10,12-13H2,1H3,(H,21,25). The second kappa shape index (κ2) is 9.43. The molecule has 1 amide bonds. The van der Waals surface area contributed by atoms with Gasteiger partial charge in [-0.1, -0.05) is 17.8 Å². The van der Waals surface area contributed by atoms with E-state index in [1.807, 2.05) is 41.8 Å². The van der Waals surface area contributed by atoms with Crippen LogP contribution in [-0.2, 0) is 16.1 Å². The summed E-state index contributed by atoms with van der Waals surface area (Å²) in [4.78, 5) is 13.4. The van der Waals surface area contributed by atoms with E-state index in [1.165, 1.54) is 11.8 Å². The molecule has 1 aromatic carbocycles. The summed E-state index contributed by atoms with van der Waals surface area (Å²) in [6.07, 6.45) is 2.27. The average molecular weight is 431 g/mol. The Kier molecular flexibility index (Phi) is 6.48. The van der Waals surface area contributed by atoms with Crippen LogP contribution in [0.1, 0.15) is 12.8 Å². The first-order chi connectivity index (χ1) is 14.2. The van der Waals surface area contributed by atoms with E-state index in [4.69, 9.17) is 9.47 Å². The van der Waals surface area contributed by atoms with Gasteiger partial charge in [0.2, 0.25) is 5.91 Å². The van der Waals surface area contributed by atoms with E-state index in [0.29, 0.717) is 6.54 Å². The summed E-state index contributed by atoms with van der Waals surface area (Å²) >= 11 is 3.01. The quantitative estimate of drug-likeness (QED) is 0.546. The summed E-state index contributed by atoms with van der Waals surface area (Å²) in [5, 5.41) is 14.4. The summed E-state index contributed by atoms with van der Waals surface area (Å²) in [6, 6.07) is 11.3. The van der Waals surface area contributed by atoms with Crippen molar-refractivity contribution in [2.24, 2.45) is 0 Å². The van der Waals surface area contributed by atoms with E-state index < -0.39 is 0 Å². The van der Waals surface area contributed by atoms with Crippen molar-refractivity contribution in [3.05, 3.63) is 41.8 Å². The molecule has 1 atom stereocenters. The summed E-state index contributed by atoms with van der Waals surface area (Å²) in [5.41, 5.74) is 0.733. The maximum absolute atomic E-state index is 12.4. The Morgan fingerprint density at radius 2 is 2.21 bits per heavy atom. The van der Waals surface area contributed by atoms with Crippen LogP contribution in [0.3, 0.4) is 0 Å². The molecule has 1 aliphatic rings. The van der Waals surface area contributed by atoms with Gasteiger partial charge in [0.05, 0.1) is 30.4 Å². The van der Waals surface area contributed by atoms with E-state index in [0.717, 1.165) is 46.7 Å². The second-order valence-corrected chi connectivity index (χ2v) is 8.48. The molecule has 3 aromatic rings. The van der Waals surface area contributed by atoms with E-state index in [9.17, 15) is 4.79 Å². The summed E-state index contributed by atoms with van der Waals surface area (Å²) in [7, 11) is 1.61. The Bertz CT molecular complexity index is 935. The monoisotopic (exact) mass is 430 g/mol. The van der Waals surface area contributed by atoms with Gasteiger partial charge in [0, 0.05) is 12.3 Å². The topological polar surface area (TPSA) is 78.3 Å². The molecule has 1 N–H and O–H groups in total. The Hall–Kier alpha value is -2.36. The number of carbonyl (C=O) groups excluding carboxylic acids is 1. The SMILES string of the molecule is COc1ccc(NC(=O)CSc2nnc(-c3cccs3)n2CC2CCCO2)cc1. The number of thioether (sulfide) groups is 1. The zero-order chi connectivity index (χ0) is 20.1. The number of amides is 1. The van der Waals surface area contributed by atoms with Crippen LogP contribution < -0.4 is 10.1 Å². The number of benzene rings is 1. The van der Waals surface area contributed by atoms with Crippen molar-refractivity contribution >= 4 is 34.7 Å². The molecule has 1 aliphatic heterocycles. The molecular formula is C20H22N4O3S2. The van der Waals surface area contributed by atoms with E-state index >= 15 is 0 Å². The minimum Gasteiger partial charge on any atom is -0.497 e. The summed E-state index contributed by atoms with van der Waals surface area (Å²) in [5.74, 6) is 1.74. The highest BCUT2D eigenvalue weighted by Crippen LogP contribution is 2.29. The minimum absolute atomic E-state index is 0.0930. The van der Waals surface area contributed by atoms with Crippen molar-refractivity contribution < 1.29 is 14.3 Å². The highest BCUT2D eigenvalue weighted by Gasteiger charge is 2.22. The van der Waals surface area contributed by atoms with Gasteiger partial charge in [0.25, 0.3) is 0 Å². The first-order valence-electron chi connectivity index (χ1n) is 9.38. The van der Waals surface area contributed by atoms with Gasteiger partial charge in [0.15, 0.2) is 11.0 Å². The van der Waals surface area contributed by atoms with Gasteiger partial charge in [-0.05, 0) is 48.6 Å². The molecule has 4 rings (SSSR count). The van der Waals surface area contributed by atoms with E-state index in [-0.39, 0.29) is 17.8 Å². The maximum atomic E-state index is 12.4. The number of anilines is 1. The molecule has 0 bridgehead atoms. The third-order valence-corrected chi connectivity index (χ3v) is 6.41. The Morgan fingerprint density at radius 1 is 1.34 bits per heavy atom. The fourth-order valence-electron chi connectivity index (χ4n) is 3.14. The van der Waals surface area contributed by atoms with Gasteiger partial charge in [-0.2, -0.15) is 0 Å². The number of hydrogen-bond acceptors (Lipinski definition) is 7. The molecule has 0 radical (unpaired) electrons. The maximum Gasteiger partial charge on any atom is 0.234 e. The molecule has 0 aliphatic carbocycles. The average Bonchev–Trinajstić information content (AvgIpc) is 3.50. The molecule has 0 saturated carbocycles. The van der Waals surface area contributed by atoms with Crippen LogP contribution in [0.25, 0.3) is 10.7 Å². The van der Waals surface area contributed by atoms with Crippen molar-refractivity contribution in [1.82, 2.24) is 14.8 Å². The number of ether oxygens (including phenoxy) is 2. The lowest BCUT2D eigenvalue weighted by molar-refractivity contribution is -0.113. The van der Waals surface area contributed by atoms with Crippen molar-refractivity contribution in [3.8, 4) is 16.5 Å². The van der Waals surface area contributed by atoms with Crippen molar-refractivity contribution in [2.75, 3.05) is 24.8 Å². The van der Waals surface area contributed by atoms with Gasteiger partial charge >= 0.3 is 0 Å². The number of nitrogens with zero attached hydrogens (tertiary/aromatic N) is 3. The third kappa shape index (κ3) is 4.98. The van der Waals surface area contributed by atoms with Crippen molar-refractivity contribution in [3.63, 3.8) is 0 Å². The Balaban J connectivity index is 1.43. The van der Waals surface area contributed by atoms with Crippen molar-refractivity contribution in [1.29, 1.82) is 0 Å². The minimum atomic E-state index is -0.0930. The van der Waals surface area contributed by atoms with Crippen LogP contribution in [0.5, 0.6) is 5.75 Å². The van der Waals surface area contributed by atoms with Crippen molar-refractivity contribution in [2.45, 2.75) is 30.6 Å². The largest absolute Gasteiger partial charge is 0.497 e. The highest BCUT2D eigenvalue weighted by molar-refractivity contribution is 7.99. The zero-order valence-corrected chi connectivity index (χ0v) is 17.7. The van der Waals surface area contributed by atoms with Gasteiger partial charge in [0.1, 0.15) is 5.75 Å². The molecule has 29 heavy (non-hydrogen) atoms. The van der Waals surface area contributed by atoms with Crippen LogP contribution in [0.4, 0.5) is 5.69 Å². The fraction of sp³-hybridized carbons (Fsp3) is 0.350. The lowest BCUT2D eigenvalue weighted by atomic mass is 10.2. The molecule has 1 saturated heterocycles. The second-order valence-electron chi connectivity index (χ2n) is 6.59. The first-order valence-corrected chi connectivity index (χ1v) is 11.2. The molecule has 3 heterocycles. The van der Waals surface area contributed by atoms with Crippen LogP contribution in [-0.4, -0.2) is 46.2 Å². The number of methoxy groups -OCH3 is 1. The number of thiophene rings is 1. The molecule has 152 valence electrons. The highest BCUT2D eigenvalue weighted by atomic mass is 32.2. The smallest absolute Gasteiger partial charge is 0.234 e. The number of nitrogens with one attached hydrogen (secondary N) is 1. The molecule has 0 spiro atoms. The lowest BCUT2D eigenvalue weighted by Crippen LogP contribution is -2.18. The fourth-order valence-corrected chi connectivity index (χ4v) is 4.61. The molecule has 9 heteroatoms. The van der Waals surface area contributed by atoms with Crippen LogP contribution >= 0.6 is 23.1 Å². The number of rotatable bonds is 8. The normalized spacial score (nSPS) is 16.1. The molecule has 7 nitrogen and oxygen atoms in total. The predicted molar refractivity (Wildman–Crippen MR) is 115 cm³/mol. The lowest BCUT2D eigenvalue weighted by Gasteiger charge is -2.14. The van der Waals surface area contributed by atoms with E-state index in [1.54, 1.807) is 18.4 Å². The van der Waals surface area contributed by atoms with Gasteiger partial charge in [-0.3, -0.25) is 9.36 Å². The van der Waals surface area contributed by atoms with Crippen LogP contribution in [0.2, 0.25) is 0 Å². The van der Waals surface area contributed by atoms with Crippen LogP contribution in [0.15, 0.2) is 46.9 Å². The predicted octanol–water partition coefficient (Wildman–Crippen LogP) is 3.93. The Morgan fingerprint density at radius 3 is 2.90 bits per heavy atom. The first kappa shape index (κ1) is 19.9. The number of aromatic nitrogens is 3.